The normalized spacial score (nSPS) is 11.6. The molecule has 2 aromatic carbocycles. The number of benzene rings is 2. The van der Waals surface area contributed by atoms with E-state index in [9.17, 15) is 13.2 Å². The highest BCUT2D eigenvalue weighted by molar-refractivity contribution is 7.92. The number of sulfonamides is 1. The lowest BCUT2D eigenvalue weighted by Gasteiger charge is -2.14. The lowest BCUT2D eigenvalue weighted by atomic mass is 10.2. The first-order valence-corrected chi connectivity index (χ1v) is 10.2. The minimum atomic E-state index is -4.04. The number of carboxylic acids is 1. The van der Waals surface area contributed by atoms with Crippen molar-refractivity contribution in [3.05, 3.63) is 59.4 Å². The summed E-state index contributed by atoms with van der Waals surface area (Å²) in [5, 5.41) is 20.2. The quantitative estimate of drug-likeness (QED) is 0.546. The minimum absolute atomic E-state index is 0.124. The molecule has 11 heteroatoms. The van der Waals surface area contributed by atoms with Crippen LogP contribution in [0.15, 0.2) is 47.4 Å². The molecule has 0 saturated heterocycles. The van der Waals surface area contributed by atoms with Gasteiger partial charge in [-0.05, 0) is 65.7 Å². The molecule has 0 aliphatic carbocycles. The molecule has 0 radical (unpaired) electrons. The second kappa shape index (κ2) is 8.33. The third-order valence-electron chi connectivity index (χ3n) is 4.21. The number of rotatable bonds is 7. The van der Waals surface area contributed by atoms with E-state index in [1.807, 2.05) is 6.92 Å². The smallest absolute Gasteiger partial charge is 0.328 e. The molecule has 0 bridgehead atoms. The van der Waals surface area contributed by atoms with Crippen molar-refractivity contribution in [1.82, 2.24) is 20.2 Å². The first-order valence-electron chi connectivity index (χ1n) is 8.69. The minimum Gasteiger partial charge on any atom is -0.495 e. The summed E-state index contributed by atoms with van der Waals surface area (Å²) in [6.45, 7) is 3.59. The molecule has 0 atom stereocenters. The molecular formula is C19H19N5O5S. The van der Waals surface area contributed by atoms with Crippen molar-refractivity contribution in [3.63, 3.8) is 0 Å². The van der Waals surface area contributed by atoms with Crippen LogP contribution in [0.2, 0.25) is 0 Å². The molecular weight excluding hydrogens is 410 g/mol. The molecule has 3 aromatic rings. The molecule has 0 fully saturated rings. The zero-order valence-electron chi connectivity index (χ0n) is 16.4. The van der Waals surface area contributed by atoms with Crippen molar-refractivity contribution in [2.75, 3.05) is 11.8 Å². The molecule has 1 aromatic heterocycles. The topological polar surface area (TPSA) is 136 Å². The number of carboxylic acid groups (broad SMARTS) is 1. The number of nitrogens with zero attached hydrogens (tertiary/aromatic N) is 4. The highest BCUT2D eigenvalue weighted by atomic mass is 32.2. The summed E-state index contributed by atoms with van der Waals surface area (Å²) in [7, 11) is -2.69. The highest BCUT2D eigenvalue weighted by Crippen LogP contribution is 2.28. The summed E-state index contributed by atoms with van der Waals surface area (Å²) < 4.78 is 35.3. The van der Waals surface area contributed by atoms with E-state index in [0.717, 1.165) is 11.6 Å². The molecule has 10 nitrogen and oxygen atoms in total. The predicted octanol–water partition coefficient (Wildman–Crippen LogP) is 2.19. The lowest BCUT2D eigenvalue weighted by molar-refractivity contribution is -0.131. The zero-order valence-corrected chi connectivity index (χ0v) is 17.2. The molecule has 0 saturated carbocycles. The average Bonchev–Trinajstić information content (AvgIpc) is 3.13. The number of carbonyl (C=O) groups is 1. The second-order valence-electron chi connectivity index (χ2n) is 6.33. The van der Waals surface area contributed by atoms with Crippen LogP contribution >= 0.6 is 0 Å². The van der Waals surface area contributed by atoms with Gasteiger partial charge in [0.25, 0.3) is 10.0 Å². The Morgan fingerprint density at radius 3 is 2.60 bits per heavy atom. The van der Waals surface area contributed by atoms with Gasteiger partial charge in [0.1, 0.15) is 10.6 Å². The predicted molar refractivity (Wildman–Crippen MR) is 109 cm³/mol. The maximum Gasteiger partial charge on any atom is 0.328 e. The summed E-state index contributed by atoms with van der Waals surface area (Å²) in [5.41, 5.74) is 2.18. The lowest BCUT2D eigenvalue weighted by Crippen LogP contribution is -2.15. The van der Waals surface area contributed by atoms with Crippen LogP contribution in [0.1, 0.15) is 17.0 Å². The van der Waals surface area contributed by atoms with Gasteiger partial charge in [-0.2, -0.15) is 4.68 Å². The number of aromatic nitrogens is 4. The Hall–Kier alpha value is -3.73. The van der Waals surface area contributed by atoms with Gasteiger partial charge in [0.15, 0.2) is 5.82 Å². The van der Waals surface area contributed by atoms with Gasteiger partial charge in [-0.3, -0.25) is 4.72 Å². The first kappa shape index (κ1) is 21.0. The fourth-order valence-corrected chi connectivity index (χ4v) is 3.99. The fourth-order valence-electron chi connectivity index (χ4n) is 2.74. The van der Waals surface area contributed by atoms with Crippen LogP contribution in [0, 0.1) is 13.8 Å². The number of methoxy groups -OCH3 is 1. The van der Waals surface area contributed by atoms with Gasteiger partial charge in [-0.25, -0.2) is 13.2 Å². The summed E-state index contributed by atoms with van der Waals surface area (Å²) >= 11 is 0. The molecule has 0 aliphatic heterocycles. The molecule has 3 rings (SSSR count). The second-order valence-corrected chi connectivity index (χ2v) is 7.98. The Morgan fingerprint density at radius 2 is 1.97 bits per heavy atom. The number of anilines is 1. The van der Waals surface area contributed by atoms with Gasteiger partial charge < -0.3 is 9.84 Å². The van der Waals surface area contributed by atoms with Gasteiger partial charge in [0.05, 0.1) is 18.5 Å². The van der Waals surface area contributed by atoms with E-state index in [4.69, 9.17) is 9.84 Å². The number of hydrogen-bond donors (Lipinski definition) is 2. The van der Waals surface area contributed by atoms with Crippen LogP contribution in [0.3, 0.4) is 0 Å². The average molecular weight is 429 g/mol. The Balaban J connectivity index is 2.00. The van der Waals surface area contributed by atoms with Crippen LogP contribution in [-0.2, 0) is 14.8 Å². The monoisotopic (exact) mass is 429 g/mol. The van der Waals surface area contributed by atoms with Gasteiger partial charge in [0.2, 0.25) is 0 Å². The van der Waals surface area contributed by atoms with E-state index in [2.05, 4.69) is 20.2 Å². The maximum atomic E-state index is 13.0. The van der Waals surface area contributed by atoms with Crippen molar-refractivity contribution in [1.29, 1.82) is 0 Å². The number of ether oxygens (including phenoxy) is 1. The number of tetrazole rings is 1. The fraction of sp³-hybridized carbons (Fsp3) is 0.158. The molecule has 1 heterocycles. The van der Waals surface area contributed by atoms with Crippen molar-refractivity contribution >= 4 is 27.8 Å². The van der Waals surface area contributed by atoms with Crippen LogP contribution in [-0.4, -0.2) is 46.8 Å². The number of nitrogens with one attached hydrogen (secondary N) is 1. The van der Waals surface area contributed by atoms with Crippen LogP contribution < -0.4 is 9.46 Å². The maximum absolute atomic E-state index is 13.0. The SMILES string of the molecule is COc1ccc(/C=C/C(=O)O)cc1S(=O)(=O)Nc1ccc(C)c(-n2nnnc2C)c1. The summed E-state index contributed by atoms with van der Waals surface area (Å²) in [4.78, 5) is 10.6. The highest BCUT2D eigenvalue weighted by Gasteiger charge is 2.21. The van der Waals surface area contributed by atoms with Crippen molar-refractivity contribution in [2.24, 2.45) is 0 Å². The van der Waals surface area contributed by atoms with Gasteiger partial charge in [-0.15, -0.1) is 5.10 Å². The van der Waals surface area contributed by atoms with E-state index in [1.54, 1.807) is 31.2 Å². The van der Waals surface area contributed by atoms with Crippen molar-refractivity contribution in [2.45, 2.75) is 18.7 Å². The van der Waals surface area contributed by atoms with Gasteiger partial charge in [-0.1, -0.05) is 12.1 Å². The van der Waals surface area contributed by atoms with Crippen LogP contribution in [0.25, 0.3) is 11.8 Å². The summed E-state index contributed by atoms with van der Waals surface area (Å²) in [6.07, 6.45) is 2.22. The number of aliphatic carboxylic acids is 1. The van der Waals surface area contributed by atoms with Gasteiger partial charge in [0, 0.05) is 6.08 Å². The van der Waals surface area contributed by atoms with E-state index < -0.39 is 16.0 Å². The standard InChI is InChI=1S/C19H19N5O5S/c1-12-4-7-15(11-16(12)24-13(2)20-22-23-24)21-30(27,28)18-10-14(6-9-19(25)26)5-8-17(18)29-3/h4-11,21H,1-3H3,(H,25,26)/b9-6+. The summed E-state index contributed by atoms with van der Waals surface area (Å²) in [6, 6.07) is 9.34. The third-order valence-corrected chi connectivity index (χ3v) is 5.61. The molecule has 0 aliphatic rings. The molecule has 0 spiro atoms. The Bertz CT molecular complexity index is 1230. The Morgan fingerprint density at radius 1 is 1.20 bits per heavy atom. The number of hydrogen-bond acceptors (Lipinski definition) is 7. The van der Waals surface area contributed by atoms with Crippen molar-refractivity contribution in [3.8, 4) is 11.4 Å². The van der Waals surface area contributed by atoms with Crippen LogP contribution in [0.5, 0.6) is 5.75 Å². The van der Waals surface area contributed by atoms with E-state index >= 15 is 0 Å². The summed E-state index contributed by atoms with van der Waals surface area (Å²) in [5.74, 6) is -0.463. The van der Waals surface area contributed by atoms with Crippen molar-refractivity contribution < 1.29 is 23.1 Å². The van der Waals surface area contributed by atoms with Gasteiger partial charge >= 0.3 is 5.97 Å². The first-order chi connectivity index (χ1) is 14.2. The molecule has 156 valence electrons. The van der Waals surface area contributed by atoms with E-state index in [0.29, 0.717) is 22.8 Å². The largest absolute Gasteiger partial charge is 0.495 e. The number of aryl methyl sites for hydroxylation is 2. The third kappa shape index (κ3) is 4.46. The van der Waals surface area contributed by atoms with Crippen LogP contribution in [0.4, 0.5) is 5.69 Å². The molecule has 0 unspecified atom stereocenters. The van der Waals surface area contributed by atoms with E-state index in [1.165, 1.54) is 30.0 Å². The molecule has 30 heavy (non-hydrogen) atoms. The molecule has 0 amide bonds. The Kier molecular flexibility index (Phi) is 5.83. The Labute approximate surface area is 172 Å². The zero-order chi connectivity index (χ0) is 21.9. The van der Waals surface area contributed by atoms with E-state index in [-0.39, 0.29) is 10.6 Å². The molecule has 2 N–H and O–H groups in total.